The van der Waals surface area contributed by atoms with Crippen molar-refractivity contribution in [1.82, 2.24) is 9.97 Å². The molecule has 0 aliphatic rings. The fourth-order valence-electron chi connectivity index (χ4n) is 3.57. The van der Waals surface area contributed by atoms with E-state index in [2.05, 4.69) is 55.0 Å². The van der Waals surface area contributed by atoms with E-state index in [1.807, 2.05) is 24.4 Å². The maximum atomic E-state index is 9.84. The standard InChI is InChI=1S/C22H17N3/c1-13-10-18(15(3)21-16(13)6-4-8-24-21)19-11-14(2)17-7-5-9-25-22(17)20(19)12-23/h4-11H,1-3H3. The number of fused-ring (bicyclic) bond motifs is 2. The smallest absolute Gasteiger partial charge is 0.102 e. The van der Waals surface area contributed by atoms with E-state index in [-0.39, 0.29) is 0 Å². The fourth-order valence-corrected chi connectivity index (χ4v) is 3.57. The molecule has 2 aromatic heterocycles. The fraction of sp³-hybridized carbons (Fsp3) is 0.136. The number of benzene rings is 2. The van der Waals surface area contributed by atoms with Crippen molar-refractivity contribution in [3.05, 3.63) is 71.0 Å². The number of rotatable bonds is 1. The third-order valence-electron chi connectivity index (χ3n) is 4.85. The van der Waals surface area contributed by atoms with Crippen LogP contribution in [0.4, 0.5) is 0 Å². The highest BCUT2D eigenvalue weighted by molar-refractivity contribution is 5.98. The minimum atomic E-state index is 0.624. The van der Waals surface area contributed by atoms with Gasteiger partial charge in [-0.05, 0) is 61.2 Å². The van der Waals surface area contributed by atoms with Crippen LogP contribution in [-0.2, 0) is 0 Å². The van der Waals surface area contributed by atoms with Crippen molar-refractivity contribution in [1.29, 1.82) is 5.26 Å². The van der Waals surface area contributed by atoms with Crippen molar-refractivity contribution >= 4 is 21.8 Å². The molecule has 25 heavy (non-hydrogen) atoms. The number of hydrogen-bond acceptors (Lipinski definition) is 3. The van der Waals surface area contributed by atoms with Crippen molar-refractivity contribution in [2.45, 2.75) is 20.8 Å². The Kier molecular flexibility index (Phi) is 3.47. The van der Waals surface area contributed by atoms with Gasteiger partial charge in [-0.15, -0.1) is 0 Å². The second-order valence-corrected chi connectivity index (χ2v) is 6.39. The summed E-state index contributed by atoms with van der Waals surface area (Å²) in [4.78, 5) is 9.04. The van der Waals surface area contributed by atoms with E-state index < -0.39 is 0 Å². The van der Waals surface area contributed by atoms with Gasteiger partial charge >= 0.3 is 0 Å². The Morgan fingerprint density at radius 3 is 2.00 bits per heavy atom. The van der Waals surface area contributed by atoms with Crippen LogP contribution in [0.2, 0.25) is 0 Å². The predicted molar refractivity (Wildman–Crippen MR) is 101 cm³/mol. The molecule has 120 valence electrons. The maximum absolute atomic E-state index is 9.84. The number of pyridine rings is 2. The van der Waals surface area contributed by atoms with Gasteiger partial charge in [0, 0.05) is 28.7 Å². The lowest BCUT2D eigenvalue weighted by Crippen LogP contribution is -1.96. The molecule has 0 saturated carbocycles. The van der Waals surface area contributed by atoms with Gasteiger partial charge in [-0.25, -0.2) is 0 Å². The first-order chi connectivity index (χ1) is 12.1. The van der Waals surface area contributed by atoms with Gasteiger partial charge in [-0.1, -0.05) is 18.2 Å². The Morgan fingerprint density at radius 2 is 1.36 bits per heavy atom. The molecule has 0 saturated heterocycles. The van der Waals surface area contributed by atoms with Crippen molar-refractivity contribution in [3.8, 4) is 17.2 Å². The Labute approximate surface area is 146 Å². The van der Waals surface area contributed by atoms with Gasteiger partial charge < -0.3 is 0 Å². The normalized spacial score (nSPS) is 11.0. The number of nitriles is 1. The molecular formula is C22H17N3. The molecule has 0 spiro atoms. The van der Waals surface area contributed by atoms with Crippen LogP contribution < -0.4 is 0 Å². The molecule has 0 amide bonds. The molecule has 3 heteroatoms. The summed E-state index contributed by atoms with van der Waals surface area (Å²) in [5.41, 5.74) is 7.72. The largest absolute Gasteiger partial charge is 0.256 e. The van der Waals surface area contributed by atoms with Gasteiger partial charge in [0.15, 0.2) is 0 Å². The number of hydrogen-bond donors (Lipinski definition) is 0. The van der Waals surface area contributed by atoms with Gasteiger partial charge in [0.1, 0.15) is 6.07 Å². The van der Waals surface area contributed by atoms with Crippen LogP contribution in [0, 0.1) is 32.1 Å². The summed E-state index contributed by atoms with van der Waals surface area (Å²) in [5, 5.41) is 12.0. The topological polar surface area (TPSA) is 49.6 Å². The van der Waals surface area contributed by atoms with Crippen LogP contribution in [0.1, 0.15) is 22.3 Å². The SMILES string of the molecule is Cc1cc(-c2cc(C)c3cccnc3c2C#N)c(C)c2ncccc12. The van der Waals surface area contributed by atoms with Gasteiger partial charge in [-0.3, -0.25) is 9.97 Å². The minimum absolute atomic E-state index is 0.624. The van der Waals surface area contributed by atoms with Crippen LogP contribution >= 0.6 is 0 Å². The molecule has 2 heterocycles. The molecule has 0 unspecified atom stereocenters. The molecule has 0 aliphatic carbocycles. The molecule has 3 nitrogen and oxygen atoms in total. The zero-order valence-electron chi connectivity index (χ0n) is 14.5. The summed E-state index contributed by atoms with van der Waals surface area (Å²) in [6, 6.07) is 14.6. The minimum Gasteiger partial charge on any atom is -0.256 e. The molecule has 0 aliphatic heterocycles. The highest BCUT2D eigenvalue weighted by Crippen LogP contribution is 2.36. The molecule has 0 bridgehead atoms. The molecule has 4 rings (SSSR count). The highest BCUT2D eigenvalue weighted by Gasteiger charge is 2.16. The quantitative estimate of drug-likeness (QED) is 0.481. The van der Waals surface area contributed by atoms with Crippen LogP contribution in [0.3, 0.4) is 0 Å². The number of aromatic nitrogens is 2. The summed E-state index contributed by atoms with van der Waals surface area (Å²) in [6.07, 6.45) is 3.56. The summed E-state index contributed by atoms with van der Waals surface area (Å²) >= 11 is 0. The lowest BCUT2D eigenvalue weighted by Gasteiger charge is -2.15. The molecule has 0 radical (unpaired) electrons. The number of nitrogens with zero attached hydrogens (tertiary/aromatic N) is 3. The van der Waals surface area contributed by atoms with E-state index in [0.29, 0.717) is 5.56 Å². The van der Waals surface area contributed by atoms with E-state index in [0.717, 1.165) is 49.6 Å². The van der Waals surface area contributed by atoms with E-state index >= 15 is 0 Å². The molecule has 2 aromatic carbocycles. The third-order valence-corrected chi connectivity index (χ3v) is 4.85. The van der Waals surface area contributed by atoms with Crippen LogP contribution in [0.5, 0.6) is 0 Å². The van der Waals surface area contributed by atoms with Crippen molar-refractivity contribution in [2.24, 2.45) is 0 Å². The van der Waals surface area contributed by atoms with Gasteiger partial charge in [0.05, 0.1) is 16.6 Å². The molecule has 0 N–H and O–H groups in total. The second kappa shape index (κ2) is 5.68. The first kappa shape index (κ1) is 15.3. The van der Waals surface area contributed by atoms with E-state index in [4.69, 9.17) is 0 Å². The third kappa shape index (κ3) is 2.27. The predicted octanol–water partition coefficient (Wildman–Crippen LogP) is 5.25. The van der Waals surface area contributed by atoms with Gasteiger partial charge in [0.2, 0.25) is 0 Å². The van der Waals surface area contributed by atoms with Crippen molar-refractivity contribution in [3.63, 3.8) is 0 Å². The monoisotopic (exact) mass is 323 g/mol. The Balaban J connectivity index is 2.15. The maximum Gasteiger partial charge on any atom is 0.102 e. The van der Waals surface area contributed by atoms with Crippen LogP contribution in [0.25, 0.3) is 32.9 Å². The Bertz CT molecular complexity index is 1180. The van der Waals surface area contributed by atoms with Crippen LogP contribution in [-0.4, -0.2) is 9.97 Å². The second-order valence-electron chi connectivity index (χ2n) is 6.39. The summed E-state index contributed by atoms with van der Waals surface area (Å²) in [5.74, 6) is 0. The molecule has 0 fully saturated rings. The summed E-state index contributed by atoms with van der Waals surface area (Å²) < 4.78 is 0. The van der Waals surface area contributed by atoms with Crippen molar-refractivity contribution < 1.29 is 0 Å². The zero-order chi connectivity index (χ0) is 17.6. The highest BCUT2D eigenvalue weighted by atomic mass is 14.7. The molecular weight excluding hydrogens is 306 g/mol. The van der Waals surface area contributed by atoms with Crippen molar-refractivity contribution in [2.75, 3.05) is 0 Å². The summed E-state index contributed by atoms with van der Waals surface area (Å²) in [7, 11) is 0. The summed E-state index contributed by atoms with van der Waals surface area (Å²) in [6.45, 7) is 6.23. The Hall–Kier alpha value is -3.25. The van der Waals surface area contributed by atoms with Gasteiger partial charge in [-0.2, -0.15) is 5.26 Å². The van der Waals surface area contributed by atoms with Gasteiger partial charge in [0.25, 0.3) is 0 Å². The van der Waals surface area contributed by atoms with E-state index in [1.54, 1.807) is 6.20 Å². The van der Waals surface area contributed by atoms with E-state index in [1.165, 1.54) is 0 Å². The number of aryl methyl sites for hydroxylation is 3. The molecule has 0 atom stereocenters. The first-order valence-corrected chi connectivity index (χ1v) is 8.25. The Morgan fingerprint density at radius 1 is 0.800 bits per heavy atom. The zero-order valence-corrected chi connectivity index (χ0v) is 14.5. The lowest BCUT2D eigenvalue weighted by molar-refractivity contribution is 1.33. The average Bonchev–Trinajstić information content (AvgIpc) is 2.65. The first-order valence-electron chi connectivity index (χ1n) is 8.25. The average molecular weight is 323 g/mol. The van der Waals surface area contributed by atoms with Crippen LogP contribution in [0.15, 0.2) is 48.8 Å². The van der Waals surface area contributed by atoms with E-state index in [9.17, 15) is 5.26 Å². The molecule has 4 aromatic rings. The lowest BCUT2D eigenvalue weighted by atomic mass is 9.89.